The highest BCUT2D eigenvalue weighted by atomic mass is 19.4. The number of alkyl halides is 3. The van der Waals surface area contributed by atoms with Gasteiger partial charge in [-0.25, -0.2) is 4.98 Å². The van der Waals surface area contributed by atoms with Crippen molar-refractivity contribution in [1.29, 1.82) is 0 Å². The number of amides is 1. The first-order valence-corrected chi connectivity index (χ1v) is 7.90. The summed E-state index contributed by atoms with van der Waals surface area (Å²) >= 11 is 0. The summed E-state index contributed by atoms with van der Waals surface area (Å²) in [7, 11) is 0. The molecular weight excluding hydrogens is 319 g/mol. The van der Waals surface area contributed by atoms with Crippen LogP contribution in [-0.4, -0.2) is 27.3 Å². The minimum atomic E-state index is -4.43. The second-order valence-corrected chi connectivity index (χ2v) is 5.90. The van der Waals surface area contributed by atoms with Crippen LogP contribution in [0.1, 0.15) is 42.3 Å². The van der Waals surface area contributed by atoms with Gasteiger partial charge in [0.05, 0.1) is 18.0 Å². The highest BCUT2D eigenvalue weighted by Crippen LogP contribution is 2.39. The third kappa shape index (κ3) is 3.44. The standard InChI is InChI=1S/C17H18F3N3O/c18-17(19,20)13-6-2-1-5-12(13)14-7-3-4-10-23(14)16(24)11-15-21-8-9-22-15/h1-2,5-6,8-9,14H,3-4,7,10-11H2,(H,21,22). The van der Waals surface area contributed by atoms with Crippen LogP contribution in [0, 0.1) is 0 Å². The number of H-pyrrole nitrogens is 1. The quantitative estimate of drug-likeness (QED) is 0.928. The van der Waals surface area contributed by atoms with Gasteiger partial charge in [-0.2, -0.15) is 13.2 Å². The Balaban J connectivity index is 1.89. The Labute approximate surface area is 137 Å². The Bertz CT molecular complexity index is 697. The van der Waals surface area contributed by atoms with Gasteiger partial charge < -0.3 is 9.88 Å². The molecule has 1 aromatic heterocycles. The summed E-state index contributed by atoms with van der Waals surface area (Å²) in [5.74, 6) is 0.319. The fourth-order valence-electron chi connectivity index (χ4n) is 3.24. The number of likely N-dealkylation sites (tertiary alicyclic amines) is 1. The van der Waals surface area contributed by atoms with E-state index in [1.54, 1.807) is 23.4 Å². The van der Waals surface area contributed by atoms with Crippen molar-refractivity contribution in [3.05, 3.63) is 53.6 Å². The van der Waals surface area contributed by atoms with Crippen LogP contribution in [-0.2, 0) is 17.4 Å². The van der Waals surface area contributed by atoms with Gasteiger partial charge in [0.15, 0.2) is 0 Å². The van der Waals surface area contributed by atoms with Gasteiger partial charge in [0.1, 0.15) is 5.82 Å². The molecule has 0 bridgehead atoms. The van der Waals surface area contributed by atoms with E-state index in [0.717, 1.165) is 18.9 Å². The van der Waals surface area contributed by atoms with Crippen molar-refractivity contribution >= 4 is 5.91 Å². The molecule has 1 aromatic carbocycles. The molecule has 2 heterocycles. The average Bonchev–Trinajstić information content (AvgIpc) is 3.07. The zero-order valence-electron chi connectivity index (χ0n) is 13.0. The van der Waals surface area contributed by atoms with Crippen LogP contribution in [0.4, 0.5) is 13.2 Å². The molecule has 7 heteroatoms. The van der Waals surface area contributed by atoms with Gasteiger partial charge in [-0.1, -0.05) is 18.2 Å². The van der Waals surface area contributed by atoms with Gasteiger partial charge in [0.2, 0.25) is 5.91 Å². The molecule has 0 saturated carbocycles. The van der Waals surface area contributed by atoms with E-state index >= 15 is 0 Å². The predicted octanol–water partition coefficient (Wildman–Crippen LogP) is 3.72. The van der Waals surface area contributed by atoms with Gasteiger partial charge in [-0.3, -0.25) is 4.79 Å². The first-order valence-electron chi connectivity index (χ1n) is 7.90. The molecule has 1 aliphatic rings. The fraction of sp³-hybridized carbons (Fsp3) is 0.412. The van der Waals surface area contributed by atoms with Gasteiger partial charge >= 0.3 is 6.18 Å². The van der Waals surface area contributed by atoms with Crippen LogP contribution >= 0.6 is 0 Å². The molecule has 1 atom stereocenters. The van der Waals surface area contributed by atoms with E-state index in [-0.39, 0.29) is 17.9 Å². The second kappa shape index (κ2) is 6.67. The summed E-state index contributed by atoms with van der Waals surface area (Å²) in [5.41, 5.74) is -0.481. The average molecular weight is 337 g/mol. The van der Waals surface area contributed by atoms with Crippen molar-refractivity contribution in [2.24, 2.45) is 0 Å². The van der Waals surface area contributed by atoms with Crippen molar-refractivity contribution in [1.82, 2.24) is 14.9 Å². The summed E-state index contributed by atoms with van der Waals surface area (Å²) in [6.07, 6.45) is 0.957. The van der Waals surface area contributed by atoms with Gasteiger partial charge in [-0.15, -0.1) is 0 Å². The fourth-order valence-corrected chi connectivity index (χ4v) is 3.24. The molecule has 128 valence electrons. The number of aromatic nitrogens is 2. The lowest BCUT2D eigenvalue weighted by molar-refractivity contribution is -0.141. The van der Waals surface area contributed by atoms with Crippen molar-refractivity contribution in [3.63, 3.8) is 0 Å². The molecule has 1 fully saturated rings. The molecule has 1 saturated heterocycles. The number of carbonyl (C=O) groups excluding carboxylic acids is 1. The highest BCUT2D eigenvalue weighted by molar-refractivity contribution is 5.78. The molecule has 3 rings (SSSR count). The molecule has 1 aliphatic heterocycles. The van der Waals surface area contributed by atoms with Crippen LogP contribution in [0.15, 0.2) is 36.7 Å². The summed E-state index contributed by atoms with van der Waals surface area (Å²) in [6.45, 7) is 0.469. The molecule has 1 amide bonds. The number of halogens is 3. The van der Waals surface area contributed by atoms with E-state index in [4.69, 9.17) is 0 Å². The molecule has 1 unspecified atom stereocenters. The number of hydrogen-bond donors (Lipinski definition) is 1. The van der Waals surface area contributed by atoms with Crippen LogP contribution in [0.2, 0.25) is 0 Å². The lowest BCUT2D eigenvalue weighted by Gasteiger charge is -2.37. The topological polar surface area (TPSA) is 49.0 Å². The normalized spacial score (nSPS) is 18.6. The number of carbonyl (C=O) groups is 1. The maximum Gasteiger partial charge on any atom is 0.416 e. The molecular formula is C17H18F3N3O. The number of piperidine rings is 1. The van der Waals surface area contributed by atoms with E-state index in [1.807, 2.05) is 0 Å². The number of nitrogens with zero attached hydrogens (tertiary/aromatic N) is 2. The Morgan fingerprint density at radius 3 is 2.79 bits per heavy atom. The molecule has 0 radical (unpaired) electrons. The van der Waals surface area contributed by atoms with E-state index in [1.165, 1.54) is 12.1 Å². The lowest BCUT2D eigenvalue weighted by Crippen LogP contribution is -2.40. The van der Waals surface area contributed by atoms with Gasteiger partial charge in [0, 0.05) is 18.9 Å². The first kappa shape index (κ1) is 16.5. The maximum atomic E-state index is 13.3. The highest BCUT2D eigenvalue weighted by Gasteiger charge is 2.38. The molecule has 0 aliphatic carbocycles. The third-order valence-electron chi connectivity index (χ3n) is 4.32. The second-order valence-electron chi connectivity index (χ2n) is 5.90. The minimum absolute atomic E-state index is 0.0671. The maximum absolute atomic E-state index is 13.3. The number of aromatic amines is 1. The van der Waals surface area contributed by atoms with Crippen LogP contribution in [0.25, 0.3) is 0 Å². The summed E-state index contributed by atoms with van der Waals surface area (Å²) in [6, 6.07) is 4.99. The van der Waals surface area contributed by atoms with E-state index in [9.17, 15) is 18.0 Å². The Kier molecular flexibility index (Phi) is 4.59. The molecule has 2 aromatic rings. The molecule has 24 heavy (non-hydrogen) atoms. The number of benzene rings is 1. The monoisotopic (exact) mass is 337 g/mol. The smallest absolute Gasteiger partial charge is 0.348 e. The Hall–Kier alpha value is -2.31. The van der Waals surface area contributed by atoms with E-state index < -0.39 is 17.8 Å². The summed E-state index contributed by atoms with van der Waals surface area (Å²) in [5, 5.41) is 0. The van der Waals surface area contributed by atoms with Crippen molar-refractivity contribution in [3.8, 4) is 0 Å². The van der Waals surface area contributed by atoms with Crippen LogP contribution in [0.5, 0.6) is 0 Å². The van der Waals surface area contributed by atoms with Gasteiger partial charge in [0.25, 0.3) is 0 Å². The molecule has 1 N–H and O–H groups in total. The van der Waals surface area contributed by atoms with Crippen molar-refractivity contribution in [2.45, 2.75) is 37.9 Å². The minimum Gasteiger partial charge on any atom is -0.348 e. The van der Waals surface area contributed by atoms with Crippen LogP contribution < -0.4 is 0 Å². The lowest BCUT2D eigenvalue weighted by atomic mass is 9.91. The van der Waals surface area contributed by atoms with E-state index in [2.05, 4.69) is 9.97 Å². The number of imidazole rings is 1. The summed E-state index contributed by atoms with van der Waals surface area (Å²) in [4.78, 5) is 21.0. The summed E-state index contributed by atoms with van der Waals surface area (Å²) < 4.78 is 40.0. The number of rotatable bonds is 3. The number of hydrogen-bond acceptors (Lipinski definition) is 2. The predicted molar refractivity (Wildman–Crippen MR) is 82.0 cm³/mol. The first-order chi connectivity index (χ1) is 11.5. The third-order valence-corrected chi connectivity index (χ3v) is 4.32. The number of nitrogens with one attached hydrogen (secondary N) is 1. The Morgan fingerprint density at radius 1 is 1.29 bits per heavy atom. The van der Waals surface area contributed by atoms with Crippen molar-refractivity contribution < 1.29 is 18.0 Å². The zero-order valence-corrected chi connectivity index (χ0v) is 13.0. The van der Waals surface area contributed by atoms with Gasteiger partial charge in [-0.05, 0) is 30.9 Å². The Morgan fingerprint density at radius 2 is 2.08 bits per heavy atom. The largest absolute Gasteiger partial charge is 0.416 e. The van der Waals surface area contributed by atoms with Crippen molar-refractivity contribution in [2.75, 3.05) is 6.54 Å². The van der Waals surface area contributed by atoms with Crippen LogP contribution in [0.3, 0.4) is 0 Å². The SMILES string of the molecule is O=C(Cc1ncc[nH]1)N1CCCCC1c1ccccc1C(F)(F)F. The zero-order chi connectivity index (χ0) is 17.2. The molecule has 0 spiro atoms. The molecule has 4 nitrogen and oxygen atoms in total. The van der Waals surface area contributed by atoms with E-state index in [0.29, 0.717) is 18.8 Å².